The smallest absolute Gasteiger partial charge is 0.223 e. The van der Waals surface area contributed by atoms with Crippen LogP contribution in [0.4, 0.5) is 10.3 Å². The van der Waals surface area contributed by atoms with E-state index >= 15 is 0 Å². The van der Waals surface area contributed by atoms with Crippen molar-refractivity contribution >= 4 is 34.4 Å². The van der Waals surface area contributed by atoms with Gasteiger partial charge in [-0.15, -0.1) is 0 Å². The Morgan fingerprint density at radius 2 is 2.06 bits per heavy atom. The van der Waals surface area contributed by atoms with Gasteiger partial charge >= 0.3 is 0 Å². The molecule has 4 rings (SSSR count). The number of carbonyl (C=O) groups excluding carboxylic acids is 1. The number of aromatic nitrogens is 2. The van der Waals surface area contributed by atoms with E-state index in [4.69, 9.17) is 16.3 Å². The largest absolute Gasteiger partial charge is 0.492 e. The molecule has 162 valence electrons. The van der Waals surface area contributed by atoms with Gasteiger partial charge in [-0.2, -0.15) is 0 Å². The lowest BCUT2D eigenvalue weighted by molar-refractivity contribution is -0.119. The summed E-state index contributed by atoms with van der Waals surface area (Å²) in [6, 6.07) is 8.47. The Hall–Kier alpha value is -2.93. The number of hydrogen-bond acceptors (Lipinski definition) is 5. The second kappa shape index (κ2) is 9.06. The van der Waals surface area contributed by atoms with Crippen LogP contribution in [0.3, 0.4) is 0 Å². The van der Waals surface area contributed by atoms with Gasteiger partial charge in [0.25, 0.3) is 0 Å². The summed E-state index contributed by atoms with van der Waals surface area (Å²) >= 11 is 6.41. The van der Waals surface area contributed by atoms with Gasteiger partial charge in [0.2, 0.25) is 11.9 Å². The molecule has 2 aromatic carbocycles. The minimum Gasteiger partial charge on any atom is -0.492 e. The standard InChI is InChI=1S/C23H24ClFN4O2/c1-3-31-20-10-8-16(25)21(22(20)24)14-7-9-17-15(11-14)12-26-23(28-17)29-19-6-4-5-18(19)27-13(2)30/h7-12,18-19H,3-6H2,1-2H3,(H,27,30)(H,26,28,29). The zero-order valence-corrected chi connectivity index (χ0v) is 18.2. The van der Waals surface area contributed by atoms with Crippen LogP contribution in [0, 0.1) is 5.82 Å². The molecule has 1 aliphatic rings. The fourth-order valence-electron chi connectivity index (χ4n) is 4.06. The molecule has 0 bridgehead atoms. The fourth-order valence-corrected chi connectivity index (χ4v) is 4.37. The zero-order chi connectivity index (χ0) is 22.0. The number of nitrogens with zero attached hydrogens (tertiary/aromatic N) is 2. The Morgan fingerprint density at radius 3 is 2.84 bits per heavy atom. The lowest BCUT2D eigenvalue weighted by atomic mass is 10.0. The number of ether oxygens (including phenoxy) is 1. The molecule has 0 radical (unpaired) electrons. The van der Waals surface area contributed by atoms with Gasteiger partial charge in [-0.3, -0.25) is 4.79 Å². The predicted octanol–water partition coefficient (Wildman–Crippen LogP) is 4.96. The van der Waals surface area contributed by atoms with Crippen molar-refractivity contribution in [2.24, 2.45) is 0 Å². The Labute approximate surface area is 185 Å². The third-order valence-corrected chi connectivity index (χ3v) is 5.82. The fraction of sp³-hybridized carbons (Fsp3) is 0.348. The van der Waals surface area contributed by atoms with Crippen molar-refractivity contribution in [3.8, 4) is 16.9 Å². The molecule has 1 aromatic heterocycles. The molecule has 0 saturated heterocycles. The van der Waals surface area contributed by atoms with Crippen LogP contribution < -0.4 is 15.4 Å². The first-order chi connectivity index (χ1) is 15.0. The van der Waals surface area contributed by atoms with Crippen molar-refractivity contribution < 1.29 is 13.9 Å². The molecule has 3 aromatic rings. The van der Waals surface area contributed by atoms with Crippen molar-refractivity contribution in [2.45, 2.75) is 45.2 Å². The molecule has 1 heterocycles. The van der Waals surface area contributed by atoms with Crippen molar-refractivity contribution in [3.63, 3.8) is 0 Å². The first-order valence-corrected chi connectivity index (χ1v) is 10.8. The third kappa shape index (κ3) is 4.56. The highest BCUT2D eigenvalue weighted by Gasteiger charge is 2.28. The topological polar surface area (TPSA) is 76.1 Å². The Balaban J connectivity index is 1.61. The maximum atomic E-state index is 14.6. The van der Waals surface area contributed by atoms with E-state index in [1.807, 2.05) is 19.1 Å². The van der Waals surface area contributed by atoms with Gasteiger partial charge in [-0.25, -0.2) is 14.4 Å². The van der Waals surface area contributed by atoms with E-state index in [1.54, 1.807) is 12.3 Å². The molecule has 1 amide bonds. The highest BCUT2D eigenvalue weighted by molar-refractivity contribution is 6.34. The lowest BCUT2D eigenvalue weighted by Crippen LogP contribution is -2.42. The van der Waals surface area contributed by atoms with E-state index in [2.05, 4.69) is 20.6 Å². The quantitative estimate of drug-likeness (QED) is 0.564. The number of halogens is 2. The molecular formula is C23H24ClFN4O2. The predicted molar refractivity (Wildman–Crippen MR) is 120 cm³/mol. The van der Waals surface area contributed by atoms with Crippen molar-refractivity contribution in [1.29, 1.82) is 0 Å². The van der Waals surface area contributed by atoms with Crippen LogP contribution in [-0.2, 0) is 4.79 Å². The van der Waals surface area contributed by atoms with Gasteiger partial charge in [0.15, 0.2) is 0 Å². The summed E-state index contributed by atoms with van der Waals surface area (Å²) < 4.78 is 20.1. The number of fused-ring (bicyclic) bond motifs is 1. The number of nitrogens with one attached hydrogen (secondary N) is 2. The highest BCUT2D eigenvalue weighted by atomic mass is 35.5. The van der Waals surface area contributed by atoms with Crippen LogP contribution in [-0.4, -0.2) is 34.6 Å². The number of amides is 1. The monoisotopic (exact) mass is 442 g/mol. The molecule has 31 heavy (non-hydrogen) atoms. The zero-order valence-electron chi connectivity index (χ0n) is 17.4. The average Bonchev–Trinajstić information content (AvgIpc) is 3.16. The molecule has 2 N–H and O–H groups in total. The van der Waals surface area contributed by atoms with E-state index in [9.17, 15) is 9.18 Å². The maximum absolute atomic E-state index is 14.6. The van der Waals surface area contributed by atoms with Gasteiger partial charge in [0.1, 0.15) is 11.6 Å². The van der Waals surface area contributed by atoms with Gasteiger partial charge in [-0.05, 0) is 56.0 Å². The summed E-state index contributed by atoms with van der Waals surface area (Å²) in [5, 5.41) is 7.33. The second-order valence-electron chi connectivity index (χ2n) is 7.62. The Bertz CT molecular complexity index is 1120. The molecule has 0 aliphatic heterocycles. The molecule has 1 aliphatic carbocycles. The van der Waals surface area contributed by atoms with Crippen LogP contribution in [0.25, 0.3) is 22.0 Å². The van der Waals surface area contributed by atoms with Crippen LogP contribution >= 0.6 is 11.6 Å². The molecule has 8 heteroatoms. The van der Waals surface area contributed by atoms with Crippen LogP contribution in [0.2, 0.25) is 5.02 Å². The molecule has 2 atom stereocenters. The minimum absolute atomic E-state index is 0.0371. The molecule has 1 fully saturated rings. The molecular weight excluding hydrogens is 419 g/mol. The Kier molecular flexibility index (Phi) is 6.23. The van der Waals surface area contributed by atoms with Gasteiger partial charge in [0.05, 0.1) is 17.1 Å². The van der Waals surface area contributed by atoms with Gasteiger partial charge < -0.3 is 15.4 Å². The maximum Gasteiger partial charge on any atom is 0.223 e. The van der Waals surface area contributed by atoms with E-state index in [1.165, 1.54) is 19.1 Å². The second-order valence-corrected chi connectivity index (χ2v) is 8.00. The summed E-state index contributed by atoms with van der Waals surface area (Å²) in [6.07, 6.45) is 4.61. The first-order valence-electron chi connectivity index (χ1n) is 10.4. The van der Waals surface area contributed by atoms with Crippen LogP contribution in [0.5, 0.6) is 5.75 Å². The van der Waals surface area contributed by atoms with E-state index in [-0.39, 0.29) is 23.0 Å². The molecule has 0 spiro atoms. The van der Waals surface area contributed by atoms with Gasteiger partial charge in [-0.1, -0.05) is 17.7 Å². The lowest BCUT2D eigenvalue weighted by Gasteiger charge is -2.21. The van der Waals surface area contributed by atoms with Crippen molar-refractivity contribution in [3.05, 3.63) is 47.4 Å². The SMILES string of the molecule is CCOc1ccc(F)c(-c2ccc3nc(NC4CCCC4NC(C)=O)ncc3c2)c1Cl. The van der Waals surface area contributed by atoms with E-state index < -0.39 is 5.82 Å². The molecule has 2 unspecified atom stereocenters. The Morgan fingerprint density at radius 1 is 1.26 bits per heavy atom. The van der Waals surface area contributed by atoms with Crippen LogP contribution in [0.15, 0.2) is 36.5 Å². The van der Waals surface area contributed by atoms with Crippen molar-refractivity contribution in [2.75, 3.05) is 11.9 Å². The summed E-state index contributed by atoms with van der Waals surface area (Å²) in [6.45, 7) is 3.82. The summed E-state index contributed by atoms with van der Waals surface area (Å²) in [5.74, 6) is 0.494. The summed E-state index contributed by atoms with van der Waals surface area (Å²) in [5.41, 5.74) is 1.65. The average molecular weight is 443 g/mol. The summed E-state index contributed by atoms with van der Waals surface area (Å²) in [4.78, 5) is 20.4. The molecule has 6 nitrogen and oxygen atoms in total. The van der Waals surface area contributed by atoms with Crippen molar-refractivity contribution in [1.82, 2.24) is 15.3 Å². The van der Waals surface area contributed by atoms with E-state index in [0.717, 1.165) is 30.2 Å². The molecule has 1 saturated carbocycles. The number of hydrogen-bond donors (Lipinski definition) is 2. The normalized spacial score (nSPS) is 18.2. The number of benzene rings is 2. The number of carbonyl (C=O) groups is 1. The summed E-state index contributed by atoms with van der Waals surface area (Å²) in [7, 11) is 0. The number of rotatable bonds is 6. The third-order valence-electron chi connectivity index (χ3n) is 5.44. The van der Waals surface area contributed by atoms with Gasteiger partial charge in [0, 0.05) is 36.2 Å². The number of anilines is 1. The van der Waals surface area contributed by atoms with Crippen LogP contribution in [0.1, 0.15) is 33.1 Å². The first kappa shape index (κ1) is 21.3. The minimum atomic E-state index is -0.419. The van der Waals surface area contributed by atoms with E-state index in [0.29, 0.717) is 29.4 Å². The highest BCUT2D eigenvalue weighted by Crippen LogP contribution is 2.38.